The first-order chi connectivity index (χ1) is 17.6. The number of halogens is 3. The number of ether oxygens (including phenoxy) is 3. The molecule has 1 saturated heterocycles. The molecule has 1 aliphatic rings. The Morgan fingerprint density at radius 2 is 1.70 bits per heavy atom. The van der Waals surface area contributed by atoms with Crippen LogP contribution in [0.2, 0.25) is 0 Å². The fourth-order valence-corrected chi connectivity index (χ4v) is 4.52. The third-order valence-electron chi connectivity index (χ3n) is 6.34. The lowest BCUT2D eigenvalue weighted by Gasteiger charge is -2.31. The van der Waals surface area contributed by atoms with E-state index in [9.17, 15) is 27.6 Å². The lowest BCUT2D eigenvalue weighted by molar-refractivity contribution is -0.153. The van der Waals surface area contributed by atoms with Gasteiger partial charge in [-0.3, -0.25) is 18.7 Å². The van der Waals surface area contributed by atoms with Gasteiger partial charge in [0.05, 0.1) is 31.7 Å². The molecule has 2 heterocycles. The number of nitrogens with zero attached hydrogens (tertiary/aromatic N) is 3. The van der Waals surface area contributed by atoms with Crippen LogP contribution >= 0.6 is 0 Å². The summed E-state index contributed by atoms with van der Waals surface area (Å²) < 4.78 is 56.0. The number of aromatic nitrogens is 2. The van der Waals surface area contributed by atoms with Gasteiger partial charge in [-0.15, -0.1) is 0 Å². The van der Waals surface area contributed by atoms with Crippen molar-refractivity contribution in [2.24, 2.45) is 0 Å². The number of carbonyl (C=O) groups excluding carboxylic acids is 1. The number of carbonyl (C=O) groups is 1. The van der Waals surface area contributed by atoms with Crippen molar-refractivity contribution in [1.82, 2.24) is 14.0 Å². The Kier molecular flexibility index (Phi) is 7.46. The predicted molar refractivity (Wildman–Crippen MR) is 129 cm³/mol. The Bertz CT molecular complexity index is 1410. The molecule has 4 rings (SSSR count). The molecule has 0 spiro atoms. The second-order valence-corrected chi connectivity index (χ2v) is 8.69. The molecule has 9 nitrogen and oxygen atoms in total. The zero-order valence-corrected chi connectivity index (χ0v) is 20.3. The topological polar surface area (TPSA) is 92.0 Å². The van der Waals surface area contributed by atoms with Gasteiger partial charge in [0.2, 0.25) is 6.41 Å². The highest BCUT2D eigenvalue weighted by atomic mass is 19.4. The van der Waals surface area contributed by atoms with Gasteiger partial charge in [-0.2, -0.15) is 13.2 Å². The van der Waals surface area contributed by atoms with E-state index in [-0.39, 0.29) is 23.7 Å². The Hall–Kier alpha value is -3.96. The first-order valence-electron chi connectivity index (χ1n) is 11.5. The van der Waals surface area contributed by atoms with Crippen molar-refractivity contribution in [3.05, 3.63) is 62.8 Å². The molecule has 0 radical (unpaired) electrons. The fraction of sp³-hybridized carbons (Fsp3) is 0.400. The van der Waals surface area contributed by atoms with Crippen LogP contribution < -0.4 is 25.5 Å². The van der Waals surface area contributed by atoms with Gasteiger partial charge in [-0.1, -0.05) is 6.07 Å². The molecule has 12 heteroatoms. The van der Waals surface area contributed by atoms with E-state index in [1.807, 2.05) is 0 Å². The normalized spacial score (nSPS) is 14.6. The van der Waals surface area contributed by atoms with Gasteiger partial charge < -0.3 is 19.1 Å². The minimum Gasteiger partial charge on any atom is -0.493 e. The SMILES string of the molecule is COc1ccc(Cn2c(=O)c3cc(OCC(F)(F)F)ccc3n(C3CCN(C=O)CC3)c2=O)cc1OC. The summed E-state index contributed by atoms with van der Waals surface area (Å²) in [5, 5.41) is 0.0533. The number of amides is 1. The maximum Gasteiger partial charge on any atom is 0.422 e. The first kappa shape index (κ1) is 26.1. The molecule has 3 aromatic rings. The molecule has 2 aromatic carbocycles. The van der Waals surface area contributed by atoms with E-state index in [1.165, 1.54) is 37.0 Å². The van der Waals surface area contributed by atoms with Crippen molar-refractivity contribution in [2.45, 2.75) is 31.6 Å². The van der Waals surface area contributed by atoms with Crippen LogP contribution in [0.3, 0.4) is 0 Å². The van der Waals surface area contributed by atoms with Crippen molar-refractivity contribution in [2.75, 3.05) is 33.9 Å². The zero-order chi connectivity index (χ0) is 26.7. The average molecular weight is 521 g/mol. The third kappa shape index (κ3) is 5.57. The minimum absolute atomic E-state index is 0.0533. The molecule has 198 valence electrons. The van der Waals surface area contributed by atoms with Crippen molar-refractivity contribution < 1.29 is 32.2 Å². The van der Waals surface area contributed by atoms with E-state index in [0.717, 1.165) is 11.0 Å². The number of likely N-dealkylation sites (tertiary alicyclic amines) is 1. The average Bonchev–Trinajstić information content (AvgIpc) is 2.89. The predicted octanol–water partition coefficient (Wildman–Crippen LogP) is 2.96. The van der Waals surface area contributed by atoms with Crippen LogP contribution in [0.1, 0.15) is 24.4 Å². The Morgan fingerprint density at radius 3 is 2.32 bits per heavy atom. The molecule has 1 aliphatic heterocycles. The van der Waals surface area contributed by atoms with Crippen molar-refractivity contribution >= 4 is 17.3 Å². The first-order valence-corrected chi connectivity index (χ1v) is 11.5. The van der Waals surface area contributed by atoms with Gasteiger partial charge in [0.1, 0.15) is 5.75 Å². The maximum absolute atomic E-state index is 13.7. The zero-order valence-electron chi connectivity index (χ0n) is 20.3. The van der Waals surface area contributed by atoms with E-state index < -0.39 is 24.0 Å². The number of hydrogen-bond acceptors (Lipinski definition) is 6. The Balaban J connectivity index is 1.84. The van der Waals surface area contributed by atoms with Crippen LogP contribution in [0, 0.1) is 0 Å². The number of rotatable bonds is 8. The molecule has 1 fully saturated rings. The van der Waals surface area contributed by atoms with E-state index in [4.69, 9.17) is 14.2 Å². The van der Waals surface area contributed by atoms with Gasteiger partial charge >= 0.3 is 11.9 Å². The van der Waals surface area contributed by atoms with Gasteiger partial charge in [-0.25, -0.2) is 4.79 Å². The molecular formula is C25H26F3N3O6. The summed E-state index contributed by atoms with van der Waals surface area (Å²) in [6.45, 7) is -0.746. The maximum atomic E-state index is 13.7. The second-order valence-electron chi connectivity index (χ2n) is 8.69. The molecule has 0 saturated carbocycles. The highest BCUT2D eigenvalue weighted by Gasteiger charge is 2.29. The summed E-state index contributed by atoms with van der Waals surface area (Å²) in [7, 11) is 2.95. The third-order valence-corrected chi connectivity index (χ3v) is 6.34. The highest BCUT2D eigenvalue weighted by molar-refractivity contribution is 5.80. The summed E-state index contributed by atoms with van der Waals surface area (Å²) in [6, 6.07) is 8.63. The molecule has 0 aliphatic carbocycles. The van der Waals surface area contributed by atoms with Gasteiger partial charge in [0.25, 0.3) is 5.56 Å². The Labute approximate surface area is 209 Å². The smallest absolute Gasteiger partial charge is 0.422 e. The largest absolute Gasteiger partial charge is 0.493 e. The van der Waals surface area contributed by atoms with E-state index in [1.54, 1.807) is 23.1 Å². The quantitative estimate of drug-likeness (QED) is 0.424. The van der Waals surface area contributed by atoms with Crippen LogP contribution in [0.15, 0.2) is 46.0 Å². The Morgan fingerprint density at radius 1 is 1.00 bits per heavy atom. The van der Waals surface area contributed by atoms with Crippen LogP contribution in [0.25, 0.3) is 10.9 Å². The molecule has 0 unspecified atom stereocenters. The molecule has 0 atom stereocenters. The number of methoxy groups -OCH3 is 2. The van der Waals surface area contributed by atoms with Crippen LogP contribution in [-0.4, -0.2) is 60.5 Å². The molecule has 37 heavy (non-hydrogen) atoms. The summed E-state index contributed by atoms with van der Waals surface area (Å²) >= 11 is 0. The van der Waals surface area contributed by atoms with Gasteiger partial charge in [0, 0.05) is 19.1 Å². The van der Waals surface area contributed by atoms with Crippen molar-refractivity contribution in [3.63, 3.8) is 0 Å². The number of hydrogen-bond donors (Lipinski definition) is 0. The second kappa shape index (κ2) is 10.6. The summed E-state index contributed by atoms with van der Waals surface area (Å²) in [5.74, 6) is 0.752. The monoisotopic (exact) mass is 521 g/mol. The minimum atomic E-state index is -4.55. The van der Waals surface area contributed by atoms with Gasteiger partial charge in [-0.05, 0) is 48.7 Å². The van der Waals surface area contributed by atoms with Crippen molar-refractivity contribution in [1.29, 1.82) is 0 Å². The van der Waals surface area contributed by atoms with Crippen LogP contribution in [-0.2, 0) is 11.3 Å². The number of alkyl halides is 3. The fourth-order valence-electron chi connectivity index (χ4n) is 4.52. The number of benzene rings is 2. The van der Waals surface area contributed by atoms with Crippen LogP contribution in [0.4, 0.5) is 13.2 Å². The molecule has 0 bridgehead atoms. The summed E-state index contributed by atoms with van der Waals surface area (Å²) in [6.07, 6.45) is -2.84. The highest BCUT2D eigenvalue weighted by Crippen LogP contribution is 2.29. The van der Waals surface area contributed by atoms with Gasteiger partial charge in [0.15, 0.2) is 18.1 Å². The van der Waals surface area contributed by atoms with E-state index in [0.29, 0.717) is 48.5 Å². The molecule has 1 aromatic heterocycles. The lowest BCUT2D eigenvalue weighted by atomic mass is 10.0. The van der Waals surface area contributed by atoms with E-state index >= 15 is 0 Å². The molecule has 0 N–H and O–H groups in total. The molecule has 1 amide bonds. The number of fused-ring (bicyclic) bond motifs is 1. The molecular weight excluding hydrogens is 495 g/mol. The van der Waals surface area contributed by atoms with Crippen LogP contribution in [0.5, 0.6) is 17.2 Å². The summed E-state index contributed by atoms with van der Waals surface area (Å²) in [4.78, 5) is 39.9. The number of piperidine rings is 1. The van der Waals surface area contributed by atoms with Crippen molar-refractivity contribution in [3.8, 4) is 17.2 Å². The van der Waals surface area contributed by atoms with E-state index in [2.05, 4.69) is 0 Å². The summed E-state index contributed by atoms with van der Waals surface area (Å²) in [5.41, 5.74) is -0.333. The lowest BCUT2D eigenvalue weighted by Crippen LogP contribution is -2.44. The standard InChI is InChI=1S/C25H26F3N3O6/c1-35-21-6-3-16(11-22(21)36-2)13-30-23(33)19-12-18(37-14-25(26,27)28)4-5-20(19)31(24(30)34)17-7-9-29(15-32)10-8-17/h3-6,11-12,15,17H,7-10,13-14H2,1-2H3.